The van der Waals surface area contributed by atoms with Crippen molar-refractivity contribution in [2.75, 3.05) is 19.8 Å². The quantitative estimate of drug-likeness (QED) is 0.151. The summed E-state index contributed by atoms with van der Waals surface area (Å²) in [5.74, 6) is -2.75. The number of benzene rings is 1. The van der Waals surface area contributed by atoms with Gasteiger partial charge in [0.1, 0.15) is 12.7 Å². The van der Waals surface area contributed by atoms with Crippen molar-refractivity contribution in [3.8, 4) is 0 Å². The van der Waals surface area contributed by atoms with Crippen LogP contribution in [0.2, 0.25) is 0 Å². The lowest BCUT2D eigenvalue weighted by Crippen LogP contribution is -2.68. The zero-order valence-corrected chi connectivity index (χ0v) is 36.4. The number of carbonyl (C=O) groups excluding carboxylic acids is 5. The number of likely N-dealkylation sites (N-methyl/N-ethyl adjacent to an activating group) is 1. The van der Waals surface area contributed by atoms with Crippen molar-refractivity contribution in [3.05, 3.63) is 35.9 Å². The molecular formula is C44H69NO11. The SMILES string of the molecule is CCOC(=O)C1([C@H](c2ccccc2)N(CC)[C@@H]2O[C@H](COC(=O)C(C)(C)C)[C@H](OC(=O)C(C)(C)C)[C@H](OC(=O)C(C)(C)C)[C@H]2OC(=O)C(C)(C)C)CCCCC1. The fourth-order valence-electron chi connectivity index (χ4n) is 6.99. The van der Waals surface area contributed by atoms with Crippen molar-refractivity contribution in [2.45, 2.75) is 166 Å². The molecule has 1 aliphatic carbocycles. The molecule has 12 heteroatoms. The predicted molar refractivity (Wildman–Crippen MR) is 211 cm³/mol. The Morgan fingerprint density at radius 3 is 1.57 bits per heavy atom. The monoisotopic (exact) mass is 787 g/mol. The Balaban J connectivity index is 2.42. The van der Waals surface area contributed by atoms with E-state index in [-0.39, 0.29) is 25.7 Å². The van der Waals surface area contributed by atoms with Crippen molar-refractivity contribution in [2.24, 2.45) is 27.1 Å². The lowest BCUT2D eigenvalue weighted by Gasteiger charge is -2.53. The van der Waals surface area contributed by atoms with Gasteiger partial charge in [-0.25, -0.2) is 0 Å². The first kappa shape index (κ1) is 46.9. The van der Waals surface area contributed by atoms with Gasteiger partial charge in [0.2, 0.25) is 0 Å². The van der Waals surface area contributed by atoms with Crippen LogP contribution in [0.25, 0.3) is 0 Å². The molecule has 0 N–H and O–H groups in total. The third-order valence-corrected chi connectivity index (χ3v) is 10.3. The summed E-state index contributed by atoms with van der Waals surface area (Å²) in [5, 5.41) is 0. The highest BCUT2D eigenvalue weighted by Gasteiger charge is 2.59. The summed E-state index contributed by atoms with van der Waals surface area (Å²) in [6.07, 6.45) is -3.00. The van der Waals surface area contributed by atoms with E-state index in [4.69, 9.17) is 28.4 Å². The topological polar surface area (TPSA) is 144 Å². The molecule has 1 saturated carbocycles. The summed E-state index contributed by atoms with van der Waals surface area (Å²) in [4.78, 5) is 71.3. The van der Waals surface area contributed by atoms with Crippen LogP contribution < -0.4 is 0 Å². The van der Waals surface area contributed by atoms with E-state index >= 15 is 0 Å². The highest BCUT2D eigenvalue weighted by atomic mass is 16.7. The molecule has 0 aromatic heterocycles. The Hall–Kier alpha value is -3.51. The summed E-state index contributed by atoms with van der Waals surface area (Å²) < 4.78 is 37.7. The number of rotatable bonds is 12. The third-order valence-electron chi connectivity index (χ3n) is 10.3. The van der Waals surface area contributed by atoms with E-state index in [1.165, 1.54) is 0 Å². The summed E-state index contributed by atoms with van der Waals surface area (Å²) in [7, 11) is 0. The summed E-state index contributed by atoms with van der Waals surface area (Å²) in [6, 6.07) is 8.95. The fourth-order valence-corrected chi connectivity index (χ4v) is 6.99. The lowest BCUT2D eigenvalue weighted by atomic mass is 9.66. The van der Waals surface area contributed by atoms with Crippen molar-refractivity contribution in [1.29, 1.82) is 0 Å². The number of nitrogens with zero attached hydrogens (tertiary/aromatic N) is 1. The zero-order chi connectivity index (χ0) is 42.4. The van der Waals surface area contributed by atoms with Crippen LogP contribution >= 0.6 is 0 Å². The van der Waals surface area contributed by atoms with Gasteiger partial charge < -0.3 is 28.4 Å². The lowest BCUT2D eigenvalue weighted by molar-refractivity contribution is -0.291. The van der Waals surface area contributed by atoms with Gasteiger partial charge in [-0.15, -0.1) is 0 Å². The van der Waals surface area contributed by atoms with E-state index in [2.05, 4.69) is 0 Å². The number of ether oxygens (including phenoxy) is 6. The van der Waals surface area contributed by atoms with Crippen molar-refractivity contribution < 1.29 is 52.4 Å². The minimum absolute atomic E-state index is 0.187. The van der Waals surface area contributed by atoms with Crippen molar-refractivity contribution in [1.82, 2.24) is 4.90 Å². The van der Waals surface area contributed by atoms with Gasteiger partial charge in [-0.1, -0.05) is 56.5 Å². The van der Waals surface area contributed by atoms with Gasteiger partial charge in [-0.3, -0.25) is 28.9 Å². The average Bonchev–Trinajstić information content (AvgIpc) is 3.10. The standard InChI is InChI=1S/C44H69NO11/c1-15-45(33(28-23-19-17-20-24-28)44(39(50)51-16-2)25-21-18-22-26-44)34-32(56-38(49)43(12,13)14)31(55-37(48)42(9,10)11)30(54-36(47)41(6,7)8)29(53-34)27-52-35(46)40(3,4)5/h17,19-20,23-24,29-34H,15-16,18,21-22,25-27H2,1-14H3/t29-,30+,31+,32-,33+,34-/m1/s1. The van der Waals surface area contributed by atoms with Crippen LogP contribution in [-0.2, 0) is 52.4 Å². The third kappa shape index (κ3) is 11.3. The summed E-state index contributed by atoms with van der Waals surface area (Å²) >= 11 is 0. The molecule has 0 amide bonds. The minimum Gasteiger partial charge on any atom is -0.466 e. The van der Waals surface area contributed by atoms with Crippen molar-refractivity contribution >= 4 is 29.8 Å². The molecule has 6 atom stereocenters. The van der Waals surface area contributed by atoms with E-state index in [0.717, 1.165) is 24.8 Å². The van der Waals surface area contributed by atoms with Gasteiger partial charge in [0.25, 0.3) is 0 Å². The zero-order valence-electron chi connectivity index (χ0n) is 36.4. The maximum Gasteiger partial charge on any atom is 0.314 e. The molecule has 0 unspecified atom stereocenters. The molecule has 0 radical (unpaired) electrons. The van der Waals surface area contributed by atoms with Gasteiger partial charge in [-0.05, 0) is 115 Å². The van der Waals surface area contributed by atoms with Gasteiger partial charge in [-0.2, -0.15) is 0 Å². The van der Waals surface area contributed by atoms with E-state index in [0.29, 0.717) is 12.8 Å². The first-order chi connectivity index (χ1) is 25.8. The number of esters is 5. The van der Waals surface area contributed by atoms with E-state index in [1.807, 2.05) is 42.2 Å². The van der Waals surface area contributed by atoms with Gasteiger partial charge in [0.05, 0.1) is 39.7 Å². The molecule has 1 heterocycles. The molecule has 1 aromatic carbocycles. The molecule has 0 spiro atoms. The van der Waals surface area contributed by atoms with E-state index < -0.39 is 87.6 Å². The minimum atomic E-state index is -1.42. The van der Waals surface area contributed by atoms with Crippen LogP contribution in [0.5, 0.6) is 0 Å². The molecule has 2 fully saturated rings. The number of hydrogen-bond acceptors (Lipinski definition) is 12. The average molecular weight is 788 g/mol. The Kier molecular flexibility index (Phi) is 15.4. The molecule has 1 aliphatic heterocycles. The van der Waals surface area contributed by atoms with E-state index in [1.54, 1.807) is 90.0 Å². The highest BCUT2D eigenvalue weighted by Crippen LogP contribution is 2.52. The number of carbonyl (C=O) groups is 5. The molecule has 1 saturated heterocycles. The molecule has 316 valence electrons. The normalized spacial score (nSPS) is 23.7. The second-order valence-electron chi connectivity index (χ2n) is 19.4. The fraction of sp³-hybridized carbons (Fsp3) is 0.750. The predicted octanol–water partition coefficient (Wildman–Crippen LogP) is 7.75. The van der Waals surface area contributed by atoms with Crippen LogP contribution in [0, 0.1) is 27.1 Å². The second kappa shape index (κ2) is 18.4. The van der Waals surface area contributed by atoms with Crippen LogP contribution in [0.3, 0.4) is 0 Å². The maximum absolute atomic E-state index is 14.4. The van der Waals surface area contributed by atoms with Gasteiger partial charge >= 0.3 is 29.8 Å². The van der Waals surface area contributed by atoms with Crippen molar-refractivity contribution in [3.63, 3.8) is 0 Å². The Morgan fingerprint density at radius 1 is 0.661 bits per heavy atom. The Morgan fingerprint density at radius 2 is 1.12 bits per heavy atom. The first-order valence-corrected chi connectivity index (χ1v) is 20.2. The van der Waals surface area contributed by atoms with Gasteiger partial charge in [0, 0.05) is 0 Å². The molecular weight excluding hydrogens is 718 g/mol. The smallest absolute Gasteiger partial charge is 0.314 e. The van der Waals surface area contributed by atoms with Crippen LogP contribution in [0.15, 0.2) is 30.3 Å². The second-order valence-corrected chi connectivity index (χ2v) is 19.4. The molecule has 3 rings (SSSR count). The van der Waals surface area contributed by atoms with Crippen LogP contribution in [-0.4, -0.2) is 85.1 Å². The Labute approximate surface area is 335 Å². The Bertz CT molecular complexity index is 1510. The maximum atomic E-state index is 14.4. The summed E-state index contributed by atoms with van der Waals surface area (Å²) in [5.41, 5.74) is -4.13. The summed E-state index contributed by atoms with van der Waals surface area (Å²) in [6.45, 7) is 24.2. The molecule has 0 bridgehead atoms. The molecule has 12 nitrogen and oxygen atoms in total. The van der Waals surface area contributed by atoms with Crippen LogP contribution in [0.4, 0.5) is 0 Å². The first-order valence-electron chi connectivity index (χ1n) is 20.2. The van der Waals surface area contributed by atoms with E-state index in [9.17, 15) is 24.0 Å². The van der Waals surface area contributed by atoms with Crippen LogP contribution in [0.1, 0.15) is 141 Å². The van der Waals surface area contributed by atoms with Gasteiger partial charge in [0.15, 0.2) is 24.5 Å². The molecule has 56 heavy (non-hydrogen) atoms. The molecule has 1 aromatic rings. The largest absolute Gasteiger partial charge is 0.466 e. The molecule has 2 aliphatic rings. The number of hydrogen-bond donors (Lipinski definition) is 0. The highest BCUT2D eigenvalue weighted by molar-refractivity contribution is 5.79.